The second-order valence-electron chi connectivity index (χ2n) is 7.44. The SMILES string of the molecule is O=C1C(=O)N(CC2CCCO2)C(c2ccc([N+](=O)[O-])cc2)/C1=C(\O)c1ccc(F)cc1. The van der Waals surface area contributed by atoms with E-state index in [9.17, 15) is 29.2 Å². The molecule has 2 heterocycles. The molecule has 0 saturated carbocycles. The van der Waals surface area contributed by atoms with Crippen LogP contribution < -0.4 is 0 Å². The summed E-state index contributed by atoms with van der Waals surface area (Å²) in [5, 5.41) is 21.9. The maximum absolute atomic E-state index is 13.3. The number of rotatable bonds is 5. The molecule has 0 bridgehead atoms. The molecule has 0 aromatic heterocycles. The van der Waals surface area contributed by atoms with Crippen molar-refractivity contribution in [2.45, 2.75) is 25.0 Å². The summed E-state index contributed by atoms with van der Waals surface area (Å²) in [6, 6.07) is 9.41. The average Bonchev–Trinajstić information content (AvgIpc) is 3.36. The molecule has 2 aromatic rings. The highest BCUT2D eigenvalue weighted by atomic mass is 19.1. The van der Waals surface area contributed by atoms with Crippen LogP contribution in [0.3, 0.4) is 0 Å². The van der Waals surface area contributed by atoms with E-state index >= 15 is 0 Å². The van der Waals surface area contributed by atoms with E-state index in [0.717, 1.165) is 25.0 Å². The number of carbonyl (C=O) groups excluding carboxylic acids is 2. The first-order chi connectivity index (χ1) is 14.9. The zero-order valence-electron chi connectivity index (χ0n) is 16.4. The summed E-state index contributed by atoms with van der Waals surface area (Å²) in [6.07, 6.45) is 1.32. The molecule has 0 spiro atoms. The summed E-state index contributed by atoms with van der Waals surface area (Å²) in [7, 11) is 0. The van der Waals surface area contributed by atoms with Gasteiger partial charge in [0.25, 0.3) is 17.4 Å². The number of amides is 1. The Morgan fingerprint density at radius 3 is 2.42 bits per heavy atom. The minimum atomic E-state index is -0.949. The van der Waals surface area contributed by atoms with Gasteiger partial charge < -0.3 is 14.7 Å². The third kappa shape index (κ3) is 3.91. The van der Waals surface area contributed by atoms with Crippen molar-refractivity contribution in [1.29, 1.82) is 0 Å². The Morgan fingerprint density at radius 1 is 1.16 bits per heavy atom. The predicted octanol–water partition coefficient (Wildman–Crippen LogP) is 3.33. The van der Waals surface area contributed by atoms with Crippen molar-refractivity contribution in [3.8, 4) is 0 Å². The standard InChI is InChI=1S/C22H19FN2O6/c23-15-7-3-14(4-8-15)20(26)18-19(13-5-9-16(10-6-13)25(29)30)24(22(28)21(18)27)12-17-2-1-11-31-17/h3-10,17,19,26H,1-2,11-12H2/b20-18+. The zero-order valence-corrected chi connectivity index (χ0v) is 16.4. The quantitative estimate of drug-likeness (QED) is 0.258. The Balaban J connectivity index is 1.81. The molecule has 2 saturated heterocycles. The van der Waals surface area contributed by atoms with E-state index < -0.39 is 34.2 Å². The van der Waals surface area contributed by atoms with Crippen molar-refractivity contribution in [2.24, 2.45) is 0 Å². The van der Waals surface area contributed by atoms with Gasteiger partial charge in [-0.15, -0.1) is 0 Å². The molecule has 0 aliphatic carbocycles. The molecule has 1 amide bonds. The molecular weight excluding hydrogens is 407 g/mol. The molecule has 2 aromatic carbocycles. The van der Waals surface area contributed by atoms with Crippen LogP contribution in [0, 0.1) is 15.9 Å². The van der Waals surface area contributed by atoms with Gasteiger partial charge in [-0.1, -0.05) is 0 Å². The van der Waals surface area contributed by atoms with Crippen LogP contribution in [0.25, 0.3) is 5.76 Å². The highest BCUT2D eigenvalue weighted by molar-refractivity contribution is 6.46. The molecule has 31 heavy (non-hydrogen) atoms. The van der Waals surface area contributed by atoms with Gasteiger partial charge in [0.15, 0.2) is 0 Å². The zero-order chi connectivity index (χ0) is 22.1. The summed E-state index contributed by atoms with van der Waals surface area (Å²) in [4.78, 5) is 37.5. The Labute approximate surface area is 176 Å². The van der Waals surface area contributed by atoms with E-state index in [2.05, 4.69) is 0 Å². The molecular formula is C22H19FN2O6. The van der Waals surface area contributed by atoms with Crippen LogP contribution in [-0.4, -0.2) is 45.9 Å². The number of Topliss-reactive ketones (excluding diaryl/α,β-unsaturated/α-hetero) is 1. The molecule has 2 aliphatic heterocycles. The first-order valence-electron chi connectivity index (χ1n) is 9.77. The molecule has 2 aliphatic rings. The fraction of sp³-hybridized carbons (Fsp3) is 0.273. The molecule has 2 fully saturated rings. The molecule has 8 nitrogen and oxygen atoms in total. The average molecular weight is 426 g/mol. The number of aliphatic hydroxyl groups is 1. The lowest BCUT2D eigenvalue weighted by atomic mass is 9.95. The number of hydrogen-bond donors (Lipinski definition) is 1. The Kier molecular flexibility index (Phi) is 5.51. The maximum atomic E-state index is 13.3. The monoisotopic (exact) mass is 426 g/mol. The number of ether oxygens (including phenoxy) is 1. The lowest BCUT2D eigenvalue weighted by Crippen LogP contribution is -2.36. The number of ketones is 1. The first kappa shape index (κ1) is 20.7. The third-order valence-corrected chi connectivity index (χ3v) is 5.50. The highest BCUT2D eigenvalue weighted by Gasteiger charge is 2.47. The minimum Gasteiger partial charge on any atom is -0.507 e. The summed E-state index contributed by atoms with van der Waals surface area (Å²) in [6.45, 7) is 0.707. The van der Waals surface area contributed by atoms with Gasteiger partial charge in [-0.05, 0) is 54.8 Å². The summed E-state index contributed by atoms with van der Waals surface area (Å²) < 4.78 is 18.9. The van der Waals surface area contributed by atoms with Crippen LogP contribution in [0.2, 0.25) is 0 Å². The Bertz CT molecular complexity index is 1060. The topological polar surface area (TPSA) is 110 Å². The van der Waals surface area contributed by atoms with E-state index in [1.807, 2.05) is 0 Å². The van der Waals surface area contributed by atoms with E-state index in [1.54, 1.807) is 0 Å². The van der Waals surface area contributed by atoms with Crippen LogP contribution in [0.5, 0.6) is 0 Å². The Morgan fingerprint density at radius 2 is 1.84 bits per heavy atom. The number of nitro groups is 1. The number of nitro benzene ring substituents is 1. The molecule has 9 heteroatoms. The van der Waals surface area contributed by atoms with Crippen LogP contribution in [-0.2, 0) is 14.3 Å². The highest BCUT2D eigenvalue weighted by Crippen LogP contribution is 2.40. The smallest absolute Gasteiger partial charge is 0.295 e. The lowest BCUT2D eigenvalue weighted by Gasteiger charge is -2.27. The van der Waals surface area contributed by atoms with E-state index in [-0.39, 0.29) is 29.5 Å². The fourth-order valence-corrected chi connectivity index (χ4v) is 3.96. The van der Waals surface area contributed by atoms with Gasteiger partial charge in [-0.3, -0.25) is 19.7 Å². The normalized spacial score (nSPS) is 22.8. The molecule has 2 atom stereocenters. The van der Waals surface area contributed by atoms with E-state index in [0.29, 0.717) is 12.2 Å². The van der Waals surface area contributed by atoms with Crippen molar-refractivity contribution in [3.05, 3.63) is 81.2 Å². The summed E-state index contributed by atoms with van der Waals surface area (Å²) in [5.41, 5.74) is 0.330. The number of hydrogen-bond acceptors (Lipinski definition) is 6. The Hall–Kier alpha value is -3.59. The number of non-ortho nitro benzene ring substituents is 1. The number of aliphatic hydroxyl groups excluding tert-OH is 1. The van der Waals surface area contributed by atoms with Crippen LogP contribution in [0.4, 0.5) is 10.1 Å². The fourth-order valence-electron chi connectivity index (χ4n) is 3.96. The number of benzene rings is 2. The molecule has 4 rings (SSSR count). The lowest BCUT2D eigenvalue weighted by molar-refractivity contribution is -0.384. The number of carbonyl (C=O) groups is 2. The number of likely N-dealkylation sites (tertiary alicyclic amines) is 1. The minimum absolute atomic E-state index is 0.140. The van der Waals surface area contributed by atoms with Crippen LogP contribution in [0.1, 0.15) is 30.0 Å². The second kappa shape index (κ2) is 8.27. The largest absolute Gasteiger partial charge is 0.507 e. The molecule has 160 valence electrons. The van der Waals surface area contributed by atoms with Gasteiger partial charge in [-0.25, -0.2) is 4.39 Å². The van der Waals surface area contributed by atoms with Gasteiger partial charge in [0.2, 0.25) is 0 Å². The molecule has 2 unspecified atom stereocenters. The maximum Gasteiger partial charge on any atom is 0.295 e. The molecule has 0 radical (unpaired) electrons. The summed E-state index contributed by atoms with van der Waals surface area (Å²) in [5.74, 6) is -2.61. The van der Waals surface area contributed by atoms with Crippen LogP contribution >= 0.6 is 0 Å². The predicted molar refractivity (Wildman–Crippen MR) is 107 cm³/mol. The van der Waals surface area contributed by atoms with Crippen molar-refractivity contribution in [2.75, 3.05) is 13.2 Å². The van der Waals surface area contributed by atoms with E-state index in [4.69, 9.17) is 4.74 Å². The van der Waals surface area contributed by atoms with Crippen molar-refractivity contribution >= 4 is 23.1 Å². The third-order valence-electron chi connectivity index (χ3n) is 5.50. The van der Waals surface area contributed by atoms with E-state index in [1.165, 1.54) is 41.3 Å². The van der Waals surface area contributed by atoms with Gasteiger partial charge >= 0.3 is 0 Å². The van der Waals surface area contributed by atoms with Crippen molar-refractivity contribution in [3.63, 3.8) is 0 Å². The second-order valence-corrected chi connectivity index (χ2v) is 7.44. The van der Waals surface area contributed by atoms with Gasteiger partial charge in [-0.2, -0.15) is 0 Å². The van der Waals surface area contributed by atoms with Gasteiger partial charge in [0.1, 0.15) is 11.6 Å². The van der Waals surface area contributed by atoms with Crippen LogP contribution in [0.15, 0.2) is 54.1 Å². The van der Waals surface area contributed by atoms with Crippen molar-refractivity contribution in [1.82, 2.24) is 4.90 Å². The summed E-state index contributed by atoms with van der Waals surface area (Å²) >= 11 is 0. The number of nitrogens with zero attached hydrogens (tertiary/aromatic N) is 2. The van der Waals surface area contributed by atoms with Crippen molar-refractivity contribution < 1.29 is 28.7 Å². The first-order valence-corrected chi connectivity index (χ1v) is 9.77. The molecule has 1 N–H and O–H groups in total. The number of halogens is 1. The van der Waals surface area contributed by atoms with Gasteiger partial charge in [0.05, 0.1) is 22.6 Å². The van der Waals surface area contributed by atoms with Gasteiger partial charge in [0, 0.05) is 30.8 Å².